The average Bonchev–Trinajstić information content (AvgIpc) is 3.04. The average molecular weight is 314 g/mol. The predicted molar refractivity (Wildman–Crippen MR) is 82.7 cm³/mol. The van der Waals surface area contributed by atoms with Crippen LogP contribution in [0.3, 0.4) is 0 Å². The summed E-state index contributed by atoms with van der Waals surface area (Å²) in [7, 11) is 0. The number of morpholine rings is 1. The molecule has 1 aromatic heterocycles. The van der Waals surface area contributed by atoms with E-state index in [1.54, 1.807) is 12.3 Å². The minimum Gasteiger partial charge on any atom is -0.507 e. The molecule has 0 saturated carbocycles. The summed E-state index contributed by atoms with van der Waals surface area (Å²) in [5, 5.41) is 10.5. The molecule has 23 heavy (non-hydrogen) atoms. The number of nitrogens with zero attached hydrogens (tertiary/aromatic N) is 2. The van der Waals surface area contributed by atoms with Crippen LogP contribution in [0.5, 0.6) is 17.2 Å². The first kappa shape index (κ1) is 14.3. The van der Waals surface area contributed by atoms with Gasteiger partial charge in [0.1, 0.15) is 5.75 Å². The Balaban J connectivity index is 1.79. The Morgan fingerprint density at radius 2 is 1.87 bits per heavy atom. The molecule has 0 radical (unpaired) electrons. The standard InChI is InChI=1S/C17H18N2O4/c20-14-10-16-15(22-11-23-16)9-12(14)17(13-3-1-2-4-18-13)19-5-7-21-8-6-19/h1-4,9-10,17,20H,5-8,11H2. The zero-order chi connectivity index (χ0) is 15.6. The number of phenols is 1. The van der Waals surface area contributed by atoms with Crippen molar-refractivity contribution < 1.29 is 19.3 Å². The Hall–Kier alpha value is -2.31. The molecule has 1 fully saturated rings. The molecular formula is C17H18N2O4. The highest BCUT2D eigenvalue weighted by Crippen LogP contribution is 2.42. The van der Waals surface area contributed by atoms with E-state index in [0.29, 0.717) is 24.7 Å². The van der Waals surface area contributed by atoms with Gasteiger partial charge in [0.15, 0.2) is 11.5 Å². The van der Waals surface area contributed by atoms with Gasteiger partial charge in [-0.2, -0.15) is 0 Å². The van der Waals surface area contributed by atoms with Gasteiger partial charge in [0.25, 0.3) is 0 Å². The van der Waals surface area contributed by atoms with Crippen molar-refractivity contribution in [2.24, 2.45) is 0 Å². The van der Waals surface area contributed by atoms with E-state index < -0.39 is 0 Å². The molecular weight excluding hydrogens is 296 g/mol. The lowest BCUT2D eigenvalue weighted by molar-refractivity contribution is 0.0228. The van der Waals surface area contributed by atoms with E-state index in [4.69, 9.17) is 14.2 Å². The van der Waals surface area contributed by atoms with E-state index >= 15 is 0 Å². The quantitative estimate of drug-likeness (QED) is 0.934. The smallest absolute Gasteiger partial charge is 0.231 e. The second kappa shape index (κ2) is 6.06. The lowest BCUT2D eigenvalue weighted by atomic mass is 9.99. The Morgan fingerprint density at radius 1 is 1.09 bits per heavy atom. The number of pyridine rings is 1. The van der Waals surface area contributed by atoms with Crippen LogP contribution in [-0.2, 0) is 4.74 Å². The van der Waals surface area contributed by atoms with Crippen LogP contribution in [-0.4, -0.2) is 48.1 Å². The largest absolute Gasteiger partial charge is 0.507 e. The predicted octanol–water partition coefficient (Wildman–Crippen LogP) is 1.94. The van der Waals surface area contributed by atoms with Crippen molar-refractivity contribution in [1.82, 2.24) is 9.88 Å². The Morgan fingerprint density at radius 3 is 2.61 bits per heavy atom. The van der Waals surface area contributed by atoms with Gasteiger partial charge in [0.2, 0.25) is 6.79 Å². The summed E-state index contributed by atoms with van der Waals surface area (Å²) in [5.74, 6) is 1.43. The summed E-state index contributed by atoms with van der Waals surface area (Å²) in [5.41, 5.74) is 1.67. The normalized spacial score (nSPS) is 18.8. The van der Waals surface area contributed by atoms with Crippen LogP contribution < -0.4 is 9.47 Å². The number of hydrogen-bond donors (Lipinski definition) is 1. The third kappa shape index (κ3) is 2.71. The molecule has 2 aliphatic heterocycles. The van der Waals surface area contributed by atoms with E-state index in [9.17, 15) is 5.11 Å². The van der Waals surface area contributed by atoms with Gasteiger partial charge < -0.3 is 19.3 Å². The van der Waals surface area contributed by atoms with E-state index in [0.717, 1.165) is 24.3 Å². The van der Waals surface area contributed by atoms with E-state index in [1.807, 2.05) is 24.3 Å². The van der Waals surface area contributed by atoms with Crippen LogP contribution in [0.25, 0.3) is 0 Å². The molecule has 2 aromatic rings. The van der Waals surface area contributed by atoms with Crippen molar-refractivity contribution in [2.75, 3.05) is 33.1 Å². The van der Waals surface area contributed by atoms with Gasteiger partial charge in [-0.15, -0.1) is 0 Å². The zero-order valence-corrected chi connectivity index (χ0v) is 12.6. The van der Waals surface area contributed by atoms with Gasteiger partial charge in [-0.05, 0) is 18.2 Å². The van der Waals surface area contributed by atoms with Gasteiger partial charge in [-0.25, -0.2) is 0 Å². The first-order valence-electron chi connectivity index (χ1n) is 7.68. The van der Waals surface area contributed by atoms with Crippen LogP contribution >= 0.6 is 0 Å². The summed E-state index contributed by atoms with van der Waals surface area (Å²) >= 11 is 0. The van der Waals surface area contributed by atoms with Gasteiger partial charge in [-0.3, -0.25) is 9.88 Å². The highest BCUT2D eigenvalue weighted by atomic mass is 16.7. The van der Waals surface area contributed by atoms with Gasteiger partial charge in [0.05, 0.1) is 24.9 Å². The molecule has 1 unspecified atom stereocenters. The van der Waals surface area contributed by atoms with Crippen LogP contribution in [0.15, 0.2) is 36.5 Å². The SMILES string of the molecule is Oc1cc2c(cc1C(c1ccccn1)N1CCOCC1)OCO2. The van der Waals surface area contributed by atoms with Crippen molar-refractivity contribution in [3.8, 4) is 17.2 Å². The monoisotopic (exact) mass is 314 g/mol. The maximum atomic E-state index is 10.5. The Labute approximate surface area is 134 Å². The first-order valence-corrected chi connectivity index (χ1v) is 7.68. The Kier molecular flexibility index (Phi) is 3.77. The number of ether oxygens (including phenoxy) is 3. The zero-order valence-electron chi connectivity index (χ0n) is 12.6. The molecule has 4 rings (SSSR count). The number of fused-ring (bicyclic) bond motifs is 1. The van der Waals surface area contributed by atoms with Crippen molar-refractivity contribution in [2.45, 2.75) is 6.04 Å². The number of benzene rings is 1. The molecule has 3 heterocycles. The third-order valence-corrected chi connectivity index (χ3v) is 4.20. The van der Waals surface area contributed by atoms with Crippen LogP contribution in [0.1, 0.15) is 17.3 Å². The molecule has 0 spiro atoms. The molecule has 6 heteroatoms. The number of phenolic OH excluding ortho intramolecular Hbond substituents is 1. The molecule has 6 nitrogen and oxygen atoms in total. The summed E-state index contributed by atoms with van der Waals surface area (Å²) in [4.78, 5) is 6.77. The fourth-order valence-corrected chi connectivity index (χ4v) is 3.08. The fourth-order valence-electron chi connectivity index (χ4n) is 3.08. The number of aromatic hydroxyl groups is 1. The van der Waals surface area contributed by atoms with Gasteiger partial charge >= 0.3 is 0 Å². The number of hydrogen-bond acceptors (Lipinski definition) is 6. The summed E-state index contributed by atoms with van der Waals surface area (Å²) in [6, 6.07) is 9.15. The van der Waals surface area contributed by atoms with E-state index in [2.05, 4.69) is 9.88 Å². The van der Waals surface area contributed by atoms with Crippen LogP contribution in [0, 0.1) is 0 Å². The molecule has 1 aromatic carbocycles. The van der Waals surface area contributed by atoms with Crippen molar-refractivity contribution in [3.05, 3.63) is 47.8 Å². The molecule has 1 atom stereocenters. The lowest BCUT2D eigenvalue weighted by Crippen LogP contribution is -2.39. The van der Waals surface area contributed by atoms with Gasteiger partial charge in [-0.1, -0.05) is 6.07 Å². The molecule has 1 N–H and O–H groups in total. The van der Waals surface area contributed by atoms with Crippen molar-refractivity contribution in [3.63, 3.8) is 0 Å². The molecule has 0 amide bonds. The molecule has 0 aliphatic carbocycles. The highest BCUT2D eigenvalue weighted by molar-refractivity contribution is 5.53. The second-order valence-electron chi connectivity index (χ2n) is 5.57. The van der Waals surface area contributed by atoms with E-state index in [-0.39, 0.29) is 18.6 Å². The summed E-state index contributed by atoms with van der Waals surface area (Å²) in [6.07, 6.45) is 1.77. The van der Waals surface area contributed by atoms with Crippen LogP contribution in [0.4, 0.5) is 0 Å². The minimum atomic E-state index is -0.144. The lowest BCUT2D eigenvalue weighted by Gasteiger charge is -2.34. The number of rotatable bonds is 3. The second-order valence-corrected chi connectivity index (χ2v) is 5.57. The van der Waals surface area contributed by atoms with Crippen LogP contribution in [0.2, 0.25) is 0 Å². The highest BCUT2D eigenvalue weighted by Gasteiger charge is 2.29. The van der Waals surface area contributed by atoms with E-state index in [1.165, 1.54) is 0 Å². The fraction of sp³-hybridized carbons (Fsp3) is 0.353. The molecule has 2 aliphatic rings. The van der Waals surface area contributed by atoms with Crippen molar-refractivity contribution in [1.29, 1.82) is 0 Å². The minimum absolute atomic E-state index is 0.144. The number of aromatic nitrogens is 1. The maximum absolute atomic E-state index is 10.5. The first-order chi connectivity index (χ1) is 11.3. The maximum Gasteiger partial charge on any atom is 0.231 e. The molecule has 120 valence electrons. The molecule has 0 bridgehead atoms. The topological polar surface area (TPSA) is 64.1 Å². The van der Waals surface area contributed by atoms with Crippen molar-refractivity contribution >= 4 is 0 Å². The third-order valence-electron chi connectivity index (χ3n) is 4.20. The summed E-state index contributed by atoms with van der Waals surface area (Å²) < 4.78 is 16.3. The summed E-state index contributed by atoms with van der Waals surface area (Å²) in [6.45, 7) is 3.11. The molecule has 1 saturated heterocycles. The Bertz CT molecular complexity index is 686. The van der Waals surface area contributed by atoms with Gasteiger partial charge in [0, 0.05) is 30.9 Å².